The van der Waals surface area contributed by atoms with E-state index in [1.807, 2.05) is 37.3 Å². The summed E-state index contributed by atoms with van der Waals surface area (Å²) in [5.74, 6) is 0.897. The van der Waals surface area contributed by atoms with Gasteiger partial charge in [-0.2, -0.15) is 9.57 Å². The molecule has 1 aliphatic heterocycles. The summed E-state index contributed by atoms with van der Waals surface area (Å²) in [7, 11) is -3.56. The van der Waals surface area contributed by atoms with Gasteiger partial charge in [-0.05, 0) is 49.7 Å². The minimum Gasteiger partial charge on any atom is -0.324 e. The molecule has 0 amide bonds. The molecule has 0 unspecified atom stereocenters. The average Bonchev–Trinajstić information content (AvgIpc) is 3.25. The highest BCUT2D eigenvalue weighted by molar-refractivity contribution is 7.89. The first kappa shape index (κ1) is 16.8. The molecule has 2 aromatic carbocycles. The van der Waals surface area contributed by atoms with Crippen LogP contribution in [0.25, 0.3) is 11.0 Å². The molecule has 26 heavy (non-hydrogen) atoms. The van der Waals surface area contributed by atoms with Crippen molar-refractivity contribution in [2.45, 2.75) is 24.3 Å². The Hall–Kier alpha value is -2.69. The van der Waals surface area contributed by atoms with E-state index < -0.39 is 10.0 Å². The Labute approximate surface area is 152 Å². The number of fused-ring (bicyclic) bond motifs is 1. The zero-order valence-electron chi connectivity index (χ0n) is 14.3. The summed E-state index contributed by atoms with van der Waals surface area (Å²) in [6, 6.07) is 16.1. The van der Waals surface area contributed by atoms with E-state index in [1.54, 1.807) is 0 Å². The topological polar surface area (TPSA) is 79.0 Å². The van der Waals surface area contributed by atoms with Crippen LogP contribution in [0.4, 0.5) is 0 Å². The number of nitrogens with zero attached hydrogens (tertiary/aromatic N) is 4. The summed E-state index contributed by atoms with van der Waals surface area (Å²) in [6.07, 6.45) is 0.747. The Morgan fingerprint density at radius 2 is 1.88 bits per heavy atom. The third-order valence-electron chi connectivity index (χ3n) is 4.88. The quantitative estimate of drug-likeness (QED) is 0.714. The second-order valence-corrected chi connectivity index (χ2v) is 8.40. The fourth-order valence-electron chi connectivity index (χ4n) is 3.62. The molecule has 0 radical (unpaired) electrons. The van der Waals surface area contributed by atoms with Crippen molar-refractivity contribution in [3.63, 3.8) is 0 Å². The van der Waals surface area contributed by atoms with Crippen LogP contribution in [0.1, 0.15) is 23.9 Å². The number of benzene rings is 2. The number of para-hydroxylation sites is 2. The maximum atomic E-state index is 12.9. The molecule has 4 rings (SSSR count). The maximum Gasteiger partial charge on any atom is 0.243 e. The summed E-state index contributed by atoms with van der Waals surface area (Å²) < 4.78 is 29.5. The van der Waals surface area contributed by atoms with Crippen LogP contribution >= 0.6 is 0 Å². The molecule has 0 bridgehead atoms. The minimum atomic E-state index is -3.56. The summed E-state index contributed by atoms with van der Waals surface area (Å²) in [6.45, 7) is 2.85. The van der Waals surface area contributed by atoms with Crippen molar-refractivity contribution in [1.82, 2.24) is 13.9 Å². The summed E-state index contributed by atoms with van der Waals surface area (Å²) >= 11 is 0. The number of nitriles is 1. The summed E-state index contributed by atoms with van der Waals surface area (Å²) in [5.41, 5.74) is 2.41. The predicted octanol–water partition coefficient (Wildman–Crippen LogP) is 2.85. The van der Waals surface area contributed by atoms with Gasteiger partial charge in [0.15, 0.2) is 0 Å². The van der Waals surface area contributed by atoms with Gasteiger partial charge in [0.25, 0.3) is 0 Å². The molecule has 2 heterocycles. The molecule has 0 aliphatic carbocycles. The fraction of sp³-hybridized carbons (Fsp3) is 0.263. The van der Waals surface area contributed by atoms with Crippen molar-refractivity contribution in [2.24, 2.45) is 0 Å². The third kappa shape index (κ3) is 2.68. The van der Waals surface area contributed by atoms with Crippen molar-refractivity contribution >= 4 is 21.1 Å². The van der Waals surface area contributed by atoms with Crippen LogP contribution in [-0.4, -0.2) is 35.4 Å². The SMILES string of the molecule is Cc1nc2ccccc2n1[C@H]1CCN(S(=O)(=O)c2ccc(C#N)cc2)C1. The van der Waals surface area contributed by atoms with Gasteiger partial charge in [-0.25, -0.2) is 13.4 Å². The molecule has 1 saturated heterocycles. The first-order chi connectivity index (χ1) is 12.5. The van der Waals surface area contributed by atoms with Crippen LogP contribution in [0, 0.1) is 18.3 Å². The lowest BCUT2D eigenvalue weighted by Gasteiger charge is -2.18. The number of hydrogen-bond donors (Lipinski definition) is 0. The first-order valence-electron chi connectivity index (χ1n) is 8.44. The number of aryl methyl sites for hydroxylation is 1. The molecule has 0 N–H and O–H groups in total. The lowest BCUT2D eigenvalue weighted by atomic mass is 10.2. The van der Waals surface area contributed by atoms with E-state index in [9.17, 15) is 8.42 Å². The number of rotatable bonds is 3. The molecule has 7 heteroatoms. The Morgan fingerprint density at radius 1 is 1.15 bits per heavy atom. The molecular weight excluding hydrogens is 348 g/mol. The van der Waals surface area contributed by atoms with Gasteiger partial charge in [-0.15, -0.1) is 0 Å². The second-order valence-electron chi connectivity index (χ2n) is 6.46. The standard InChI is InChI=1S/C19H18N4O2S/c1-14-21-18-4-2-3-5-19(18)23(14)16-10-11-22(13-16)26(24,25)17-8-6-15(12-20)7-9-17/h2-9,16H,10-11,13H2,1H3/t16-/m0/s1. The highest BCUT2D eigenvalue weighted by atomic mass is 32.2. The van der Waals surface area contributed by atoms with Gasteiger partial charge in [0, 0.05) is 13.1 Å². The predicted molar refractivity (Wildman–Crippen MR) is 98.0 cm³/mol. The Kier molecular flexibility index (Phi) is 4.02. The van der Waals surface area contributed by atoms with Crippen molar-refractivity contribution in [1.29, 1.82) is 5.26 Å². The molecule has 1 fully saturated rings. The van der Waals surface area contributed by atoms with Gasteiger partial charge in [-0.1, -0.05) is 12.1 Å². The molecule has 1 atom stereocenters. The molecule has 0 saturated carbocycles. The van der Waals surface area contributed by atoms with Gasteiger partial charge in [0.2, 0.25) is 10.0 Å². The summed E-state index contributed by atoms with van der Waals surface area (Å²) in [5, 5.41) is 8.88. The van der Waals surface area contributed by atoms with Crippen molar-refractivity contribution < 1.29 is 8.42 Å². The van der Waals surface area contributed by atoms with E-state index in [1.165, 1.54) is 28.6 Å². The number of hydrogen-bond acceptors (Lipinski definition) is 4. The third-order valence-corrected chi connectivity index (χ3v) is 6.76. The molecule has 0 spiro atoms. The first-order valence-corrected chi connectivity index (χ1v) is 9.88. The molecule has 6 nitrogen and oxygen atoms in total. The molecule has 3 aromatic rings. The maximum absolute atomic E-state index is 12.9. The average molecular weight is 366 g/mol. The highest BCUT2D eigenvalue weighted by Gasteiger charge is 2.34. The smallest absolute Gasteiger partial charge is 0.243 e. The van der Waals surface area contributed by atoms with Crippen molar-refractivity contribution in [3.8, 4) is 6.07 Å². The van der Waals surface area contributed by atoms with Crippen LogP contribution in [-0.2, 0) is 10.0 Å². The van der Waals surface area contributed by atoms with Gasteiger partial charge >= 0.3 is 0 Å². The van der Waals surface area contributed by atoms with Crippen molar-refractivity contribution in [2.75, 3.05) is 13.1 Å². The van der Waals surface area contributed by atoms with Gasteiger partial charge in [0.05, 0.1) is 33.6 Å². The molecule has 1 aromatic heterocycles. The van der Waals surface area contributed by atoms with E-state index in [0.717, 1.165) is 23.3 Å². The van der Waals surface area contributed by atoms with E-state index in [0.29, 0.717) is 18.7 Å². The molecule has 132 valence electrons. The van der Waals surface area contributed by atoms with E-state index in [4.69, 9.17) is 5.26 Å². The summed E-state index contributed by atoms with van der Waals surface area (Å²) in [4.78, 5) is 4.81. The van der Waals surface area contributed by atoms with Crippen molar-refractivity contribution in [3.05, 3.63) is 59.9 Å². The van der Waals surface area contributed by atoms with Gasteiger partial charge in [-0.3, -0.25) is 0 Å². The molecule has 1 aliphatic rings. The lowest BCUT2D eigenvalue weighted by Crippen LogP contribution is -2.29. The second kappa shape index (κ2) is 6.24. The number of sulfonamides is 1. The molecular formula is C19H18N4O2S. The van der Waals surface area contributed by atoms with Crippen LogP contribution in [0.3, 0.4) is 0 Å². The van der Waals surface area contributed by atoms with E-state index in [2.05, 4.69) is 9.55 Å². The van der Waals surface area contributed by atoms with E-state index in [-0.39, 0.29) is 10.9 Å². The number of aromatic nitrogens is 2. The van der Waals surface area contributed by atoms with Crippen LogP contribution in [0.5, 0.6) is 0 Å². The van der Waals surface area contributed by atoms with Gasteiger partial charge in [0.1, 0.15) is 5.82 Å². The zero-order chi connectivity index (χ0) is 18.3. The Bertz CT molecular complexity index is 1110. The monoisotopic (exact) mass is 366 g/mol. The van der Waals surface area contributed by atoms with Gasteiger partial charge < -0.3 is 4.57 Å². The van der Waals surface area contributed by atoms with Crippen LogP contribution in [0.15, 0.2) is 53.4 Å². The number of imidazole rings is 1. The van der Waals surface area contributed by atoms with Crippen LogP contribution < -0.4 is 0 Å². The zero-order valence-corrected chi connectivity index (χ0v) is 15.1. The largest absolute Gasteiger partial charge is 0.324 e. The lowest BCUT2D eigenvalue weighted by molar-refractivity contribution is 0.452. The Balaban J connectivity index is 1.63. The fourth-order valence-corrected chi connectivity index (χ4v) is 5.11. The highest BCUT2D eigenvalue weighted by Crippen LogP contribution is 2.31. The normalized spacial score (nSPS) is 18.2. The van der Waals surface area contributed by atoms with E-state index >= 15 is 0 Å². The van der Waals surface area contributed by atoms with Crippen LogP contribution in [0.2, 0.25) is 0 Å². The minimum absolute atomic E-state index is 0.0653. The Morgan fingerprint density at radius 3 is 2.62 bits per heavy atom.